The zero-order valence-corrected chi connectivity index (χ0v) is 12.6. The summed E-state index contributed by atoms with van der Waals surface area (Å²) in [6, 6.07) is 3.52. The topological polar surface area (TPSA) is 30.0 Å². The number of carbonyl (C=O) groups excluding carboxylic acids is 1. The zero-order valence-electron chi connectivity index (χ0n) is 9.44. The molecule has 0 saturated heterocycles. The number of rotatable bonds is 4. The number of Topliss-reactive ketones (excluding diaryl/α,β-unsaturated/α-hetero) is 1. The van der Waals surface area contributed by atoms with Crippen LogP contribution in [0.15, 0.2) is 29.4 Å². The van der Waals surface area contributed by atoms with Crippen LogP contribution in [0.25, 0.3) is 0 Å². The first-order valence-corrected chi connectivity index (χ1v) is 7.65. The van der Waals surface area contributed by atoms with E-state index < -0.39 is 0 Å². The van der Waals surface area contributed by atoms with Crippen molar-refractivity contribution in [2.45, 2.75) is 11.8 Å². The minimum absolute atomic E-state index is 0.00985. The molecule has 2 nitrogen and oxygen atoms in total. The van der Waals surface area contributed by atoms with Gasteiger partial charge in [0.15, 0.2) is 5.78 Å². The van der Waals surface area contributed by atoms with Crippen molar-refractivity contribution in [3.63, 3.8) is 0 Å². The van der Waals surface area contributed by atoms with Gasteiger partial charge in [0.05, 0.1) is 10.1 Å². The number of thiophene rings is 1. The molecule has 0 saturated carbocycles. The molecule has 0 N–H and O–H groups in total. The van der Waals surface area contributed by atoms with Crippen LogP contribution < -0.4 is 0 Å². The summed E-state index contributed by atoms with van der Waals surface area (Å²) in [6.45, 7) is 1.97. The van der Waals surface area contributed by atoms with Crippen molar-refractivity contribution in [2.75, 3.05) is 5.75 Å². The number of thioether (sulfide) groups is 1. The molecule has 0 aromatic carbocycles. The van der Waals surface area contributed by atoms with Gasteiger partial charge in [0.2, 0.25) is 0 Å². The Hall–Kier alpha value is -0.550. The second-order valence-electron chi connectivity index (χ2n) is 3.59. The van der Waals surface area contributed by atoms with Crippen molar-refractivity contribution in [3.05, 3.63) is 44.3 Å². The molecule has 18 heavy (non-hydrogen) atoms. The van der Waals surface area contributed by atoms with Crippen molar-refractivity contribution in [1.29, 1.82) is 0 Å². The predicted octanol–water partition coefficient (Wildman–Crippen LogP) is 4.73. The number of halogens is 2. The van der Waals surface area contributed by atoms with Gasteiger partial charge in [0.1, 0.15) is 4.34 Å². The van der Waals surface area contributed by atoms with Crippen LogP contribution in [0.4, 0.5) is 0 Å². The number of pyridine rings is 1. The maximum absolute atomic E-state index is 12.0. The van der Waals surface area contributed by atoms with Crippen LogP contribution in [0.5, 0.6) is 0 Å². The fraction of sp³-hybridized carbons (Fsp3) is 0.167. The summed E-state index contributed by atoms with van der Waals surface area (Å²) in [4.78, 5) is 17.1. The largest absolute Gasteiger partial charge is 0.293 e. The van der Waals surface area contributed by atoms with Crippen LogP contribution in [0.2, 0.25) is 8.67 Å². The maximum atomic E-state index is 12.0. The molecule has 0 spiro atoms. The smallest absolute Gasteiger partial charge is 0.175 e. The van der Waals surface area contributed by atoms with E-state index in [1.807, 2.05) is 13.0 Å². The Morgan fingerprint density at radius 1 is 1.50 bits per heavy atom. The Morgan fingerprint density at radius 2 is 2.28 bits per heavy atom. The van der Waals surface area contributed by atoms with Gasteiger partial charge >= 0.3 is 0 Å². The van der Waals surface area contributed by atoms with E-state index in [1.165, 1.54) is 23.1 Å². The summed E-state index contributed by atoms with van der Waals surface area (Å²) >= 11 is 14.5. The number of hydrogen-bond donors (Lipinski definition) is 0. The minimum Gasteiger partial charge on any atom is -0.293 e. The molecule has 0 atom stereocenters. The van der Waals surface area contributed by atoms with E-state index in [9.17, 15) is 4.79 Å². The molecule has 0 fully saturated rings. The number of nitrogens with zero attached hydrogens (tertiary/aromatic N) is 1. The Labute approximate surface area is 123 Å². The number of carbonyl (C=O) groups is 1. The third-order valence-corrected chi connectivity index (χ3v) is 4.95. The Kier molecular flexibility index (Phi) is 4.67. The van der Waals surface area contributed by atoms with Gasteiger partial charge in [-0.15, -0.1) is 23.1 Å². The van der Waals surface area contributed by atoms with E-state index >= 15 is 0 Å². The first-order chi connectivity index (χ1) is 8.58. The first kappa shape index (κ1) is 13.9. The fourth-order valence-corrected chi connectivity index (χ4v) is 3.75. The lowest BCUT2D eigenvalue weighted by molar-refractivity contribution is 0.102. The molecular weight excluding hydrogens is 309 g/mol. The van der Waals surface area contributed by atoms with E-state index in [4.69, 9.17) is 23.2 Å². The Balaban J connectivity index is 2.05. The molecule has 94 valence electrons. The van der Waals surface area contributed by atoms with Crippen molar-refractivity contribution in [1.82, 2.24) is 4.98 Å². The standard InChI is InChI=1S/C12H9Cl2NOS2/c1-7-5-15-3-2-10(7)17-6-9(16)8-4-11(13)18-12(8)14/h2-5H,6H2,1H3. The lowest BCUT2D eigenvalue weighted by Crippen LogP contribution is -2.01. The molecule has 0 bridgehead atoms. The van der Waals surface area contributed by atoms with Crippen molar-refractivity contribution in [3.8, 4) is 0 Å². The van der Waals surface area contributed by atoms with Gasteiger partial charge < -0.3 is 0 Å². The van der Waals surface area contributed by atoms with Gasteiger partial charge in [0.25, 0.3) is 0 Å². The number of aromatic nitrogens is 1. The summed E-state index contributed by atoms with van der Waals surface area (Å²) in [7, 11) is 0. The van der Waals surface area contributed by atoms with Gasteiger partial charge in [-0.3, -0.25) is 9.78 Å². The highest BCUT2D eigenvalue weighted by molar-refractivity contribution is 8.00. The number of hydrogen-bond acceptors (Lipinski definition) is 4. The molecule has 0 radical (unpaired) electrons. The van der Waals surface area contributed by atoms with Crippen molar-refractivity contribution >= 4 is 52.1 Å². The van der Waals surface area contributed by atoms with Gasteiger partial charge in [0, 0.05) is 22.9 Å². The third-order valence-electron chi connectivity index (χ3n) is 2.28. The second-order valence-corrected chi connectivity index (χ2v) is 6.89. The average Bonchev–Trinajstić information content (AvgIpc) is 2.67. The zero-order chi connectivity index (χ0) is 13.1. The van der Waals surface area contributed by atoms with E-state index in [0.29, 0.717) is 20.0 Å². The Morgan fingerprint density at radius 3 is 2.89 bits per heavy atom. The molecule has 0 aliphatic carbocycles. The summed E-state index contributed by atoms with van der Waals surface area (Å²) in [5.74, 6) is 0.335. The molecule has 2 aromatic rings. The molecule has 0 unspecified atom stereocenters. The highest BCUT2D eigenvalue weighted by atomic mass is 35.5. The third kappa shape index (κ3) is 3.26. The Bertz CT molecular complexity index is 583. The molecule has 2 rings (SSSR count). The van der Waals surface area contributed by atoms with Crippen molar-refractivity contribution < 1.29 is 4.79 Å². The number of aryl methyl sites for hydroxylation is 1. The van der Waals surface area contributed by atoms with Crippen LogP contribution in [0, 0.1) is 6.92 Å². The van der Waals surface area contributed by atoms with E-state index in [-0.39, 0.29) is 5.78 Å². The summed E-state index contributed by atoms with van der Waals surface area (Å²) in [5.41, 5.74) is 1.57. The quantitative estimate of drug-likeness (QED) is 0.603. The summed E-state index contributed by atoms with van der Waals surface area (Å²) < 4.78 is 0.991. The number of ketones is 1. The molecule has 0 amide bonds. The van der Waals surface area contributed by atoms with Crippen LogP contribution >= 0.6 is 46.3 Å². The van der Waals surface area contributed by atoms with Gasteiger partial charge in [-0.2, -0.15) is 0 Å². The SMILES string of the molecule is Cc1cnccc1SCC(=O)c1cc(Cl)sc1Cl. The summed E-state index contributed by atoms with van der Waals surface area (Å²) in [6.07, 6.45) is 3.50. The van der Waals surface area contributed by atoms with E-state index in [0.717, 1.165) is 10.5 Å². The fourth-order valence-electron chi connectivity index (χ4n) is 1.37. The second kappa shape index (κ2) is 6.06. The maximum Gasteiger partial charge on any atom is 0.175 e. The molecule has 0 aliphatic heterocycles. The van der Waals surface area contributed by atoms with Gasteiger partial charge in [-0.1, -0.05) is 23.2 Å². The van der Waals surface area contributed by atoms with Crippen LogP contribution in [-0.2, 0) is 0 Å². The molecule has 6 heteroatoms. The highest BCUT2D eigenvalue weighted by Crippen LogP contribution is 2.32. The van der Waals surface area contributed by atoms with E-state index in [2.05, 4.69) is 4.98 Å². The van der Waals surface area contributed by atoms with Crippen molar-refractivity contribution in [2.24, 2.45) is 0 Å². The lowest BCUT2D eigenvalue weighted by atomic mass is 10.2. The predicted molar refractivity (Wildman–Crippen MR) is 78.4 cm³/mol. The lowest BCUT2D eigenvalue weighted by Gasteiger charge is -2.03. The average molecular weight is 318 g/mol. The van der Waals surface area contributed by atoms with E-state index in [1.54, 1.807) is 18.5 Å². The monoisotopic (exact) mass is 317 g/mol. The normalized spacial score (nSPS) is 10.6. The highest BCUT2D eigenvalue weighted by Gasteiger charge is 2.14. The first-order valence-electron chi connectivity index (χ1n) is 5.09. The molecule has 0 aliphatic rings. The minimum atomic E-state index is -0.00985. The summed E-state index contributed by atoms with van der Waals surface area (Å²) in [5, 5.41) is 0. The molecule has 2 heterocycles. The van der Waals surface area contributed by atoms with Crippen LogP contribution in [0.3, 0.4) is 0 Å². The van der Waals surface area contributed by atoms with Crippen LogP contribution in [0.1, 0.15) is 15.9 Å². The van der Waals surface area contributed by atoms with Gasteiger partial charge in [-0.05, 0) is 24.6 Å². The van der Waals surface area contributed by atoms with Crippen LogP contribution in [-0.4, -0.2) is 16.5 Å². The van der Waals surface area contributed by atoms with Gasteiger partial charge in [-0.25, -0.2) is 0 Å². The molecule has 2 aromatic heterocycles. The molecular formula is C12H9Cl2NOS2.